The number of aryl methyl sites for hydroxylation is 1. The van der Waals surface area contributed by atoms with Crippen molar-refractivity contribution in [1.82, 2.24) is 14.5 Å². The van der Waals surface area contributed by atoms with Crippen LogP contribution in [-0.2, 0) is 24.4 Å². The predicted octanol–water partition coefficient (Wildman–Crippen LogP) is 5.41. The minimum Gasteiger partial charge on any atom is -0.334 e. The number of amides is 1. The summed E-state index contributed by atoms with van der Waals surface area (Å²) >= 11 is 1.28. The number of halogens is 3. The number of carbonyl (C=O) groups excluding carboxylic acids is 1. The van der Waals surface area contributed by atoms with Crippen molar-refractivity contribution in [3.63, 3.8) is 0 Å². The lowest BCUT2D eigenvalue weighted by molar-refractivity contribution is -0.137. The van der Waals surface area contributed by atoms with E-state index in [0.717, 1.165) is 23.5 Å². The van der Waals surface area contributed by atoms with E-state index in [4.69, 9.17) is 0 Å². The SMILES string of the molecule is Cn1ccnc1-c1cccc(NC(=O)Cc2csc(-c3ccc(C(F)(F)F)cc3)n2)c1. The number of imidazole rings is 1. The zero-order chi connectivity index (χ0) is 22.0. The summed E-state index contributed by atoms with van der Waals surface area (Å²) in [6, 6.07) is 12.2. The minimum absolute atomic E-state index is 0.0593. The Labute approximate surface area is 180 Å². The largest absolute Gasteiger partial charge is 0.416 e. The third-order valence-corrected chi connectivity index (χ3v) is 5.52. The van der Waals surface area contributed by atoms with Gasteiger partial charge in [-0.25, -0.2) is 9.97 Å². The molecule has 0 unspecified atom stereocenters. The molecule has 0 atom stereocenters. The molecule has 0 radical (unpaired) electrons. The molecule has 9 heteroatoms. The highest BCUT2D eigenvalue weighted by molar-refractivity contribution is 7.13. The number of benzene rings is 2. The fourth-order valence-electron chi connectivity index (χ4n) is 3.07. The van der Waals surface area contributed by atoms with Crippen molar-refractivity contribution in [2.75, 3.05) is 5.32 Å². The first-order chi connectivity index (χ1) is 14.8. The molecule has 4 aromatic rings. The minimum atomic E-state index is -4.38. The summed E-state index contributed by atoms with van der Waals surface area (Å²) in [5.74, 6) is 0.554. The molecule has 2 aromatic heterocycles. The Morgan fingerprint density at radius 3 is 2.58 bits per heavy atom. The summed E-state index contributed by atoms with van der Waals surface area (Å²) in [5, 5.41) is 5.15. The van der Waals surface area contributed by atoms with Crippen LogP contribution in [0.1, 0.15) is 11.3 Å². The molecule has 0 saturated heterocycles. The molecule has 1 amide bonds. The average Bonchev–Trinajstić information content (AvgIpc) is 3.36. The van der Waals surface area contributed by atoms with Crippen LogP contribution in [0.2, 0.25) is 0 Å². The predicted molar refractivity (Wildman–Crippen MR) is 114 cm³/mol. The second-order valence-corrected chi connectivity index (χ2v) is 7.74. The first-order valence-electron chi connectivity index (χ1n) is 9.29. The molecular weight excluding hydrogens is 425 g/mol. The van der Waals surface area contributed by atoms with Crippen LogP contribution >= 0.6 is 11.3 Å². The van der Waals surface area contributed by atoms with E-state index in [1.54, 1.807) is 17.6 Å². The molecule has 0 aliphatic rings. The Morgan fingerprint density at radius 2 is 1.90 bits per heavy atom. The van der Waals surface area contributed by atoms with Crippen molar-refractivity contribution in [3.8, 4) is 22.0 Å². The van der Waals surface area contributed by atoms with E-state index >= 15 is 0 Å². The van der Waals surface area contributed by atoms with Crippen LogP contribution in [0.15, 0.2) is 66.3 Å². The number of alkyl halides is 3. The normalized spacial score (nSPS) is 11.5. The highest BCUT2D eigenvalue weighted by Crippen LogP contribution is 2.32. The molecule has 158 valence electrons. The highest BCUT2D eigenvalue weighted by Gasteiger charge is 2.30. The Balaban J connectivity index is 1.42. The Hall–Kier alpha value is -3.46. The van der Waals surface area contributed by atoms with Gasteiger partial charge in [0.05, 0.1) is 17.7 Å². The number of carbonyl (C=O) groups is 1. The summed E-state index contributed by atoms with van der Waals surface area (Å²) in [6.45, 7) is 0. The lowest BCUT2D eigenvalue weighted by Gasteiger charge is -2.07. The number of hydrogen-bond donors (Lipinski definition) is 1. The van der Waals surface area contributed by atoms with Crippen LogP contribution in [-0.4, -0.2) is 20.4 Å². The number of anilines is 1. The summed E-state index contributed by atoms with van der Waals surface area (Å²) in [5.41, 5.74) is 1.94. The van der Waals surface area contributed by atoms with Gasteiger partial charge in [-0.3, -0.25) is 4.79 Å². The van der Waals surface area contributed by atoms with Crippen molar-refractivity contribution < 1.29 is 18.0 Å². The number of aromatic nitrogens is 3. The lowest BCUT2D eigenvalue weighted by Crippen LogP contribution is -2.14. The summed E-state index contributed by atoms with van der Waals surface area (Å²) in [6.07, 6.45) is -0.768. The van der Waals surface area contributed by atoms with E-state index in [0.29, 0.717) is 22.0 Å². The molecule has 0 aliphatic carbocycles. The molecule has 4 rings (SSSR count). The van der Waals surface area contributed by atoms with Gasteiger partial charge in [-0.05, 0) is 24.3 Å². The van der Waals surface area contributed by atoms with Gasteiger partial charge >= 0.3 is 6.18 Å². The Bertz CT molecular complexity index is 1210. The van der Waals surface area contributed by atoms with E-state index < -0.39 is 11.7 Å². The fraction of sp³-hybridized carbons (Fsp3) is 0.136. The fourth-order valence-corrected chi connectivity index (χ4v) is 3.90. The van der Waals surface area contributed by atoms with E-state index in [1.165, 1.54) is 23.5 Å². The van der Waals surface area contributed by atoms with Crippen LogP contribution in [0.5, 0.6) is 0 Å². The van der Waals surface area contributed by atoms with E-state index in [1.807, 2.05) is 36.0 Å². The van der Waals surface area contributed by atoms with E-state index in [9.17, 15) is 18.0 Å². The third kappa shape index (κ3) is 4.83. The standard InChI is InChI=1S/C22H17F3N4OS/c1-29-10-9-26-20(29)15-3-2-4-17(11-15)27-19(30)12-18-13-31-21(28-18)14-5-7-16(8-6-14)22(23,24)25/h2-11,13H,12H2,1H3,(H,27,30). The number of nitrogens with zero attached hydrogens (tertiary/aromatic N) is 3. The monoisotopic (exact) mass is 442 g/mol. The molecule has 0 fully saturated rings. The molecule has 2 aromatic carbocycles. The van der Waals surface area contributed by atoms with Crippen molar-refractivity contribution in [2.45, 2.75) is 12.6 Å². The van der Waals surface area contributed by atoms with Crippen LogP contribution in [0, 0.1) is 0 Å². The molecule has 31 heavy (non-hydrogen) atoms. The summed E-state index contributed by atoms with van der Waals surface area (Å²) in [4.78, 5) is 21.1. The average molecular weight is 442 g/mol. The topological polar surface area (TPSA) is 59.8 Å². The molecule has 2 heterocycles. The smallest absolute Gasteiger partial charge is 0.334 e. The summed E-state index contributed by atoms with van der Waals surface area (Å²) in [7, 11) is 1.89. The number of nitrogens with one attached hydrogen (secondary N) is 1. The van der Waals surface area contributed by atoms with Crippen LogP contribution < -0.4 is 5.32 Å². The Morgan fingerprint density at radius 1 is 1.13 bits per heavy atom. The van der Waals surface area contributed by atoms with Gasteiger partial charge in [-0.15, -0.1) is 11.3 Å². The Kier molecular flexibility index (Phi) is 5.60. The molecule has 0 spiro atoms. The first kappa shape index (κ1) is 20.8. The summed E-state index contributed by atoms with van der Waals surface area (Å²) < 4.78 is 40.0. The van der Waals surface area contributed by atoms with Gasteiger partial charge in [0.15, 0.2) is 0 Å². The maximum Gasteiger partial charge on any atom is 0.416 e. The molecule has 5 nitrogen and oxygen atoms in total. The number of hydrogen-bond acceptors (Lipinski definition) is 4. The molecule has 0 aliphatic heterocycles. The highest BCUT2D eigenvalue weighted by atomic mass is 32.1. The third-order valence-electron chi connectivity index (χ3n) is 4.58. The molecular formula is C22H17F3N4OS. The lowest BCUT2D eigenvalue weighted by atomic mass is 10.1. The second kappa shape index (κ2) is 8.35. The van der Waals surface area contributed by atoms with Gasteiger partial charge in [-0.2, -0.15) is 13.2 Å². The van der Waals surface area contributed by atoms with Gasteiger partial charge in [0, 0.05) is 41.6 Å². The van der Waals surface area contributed by atoms with Crippen molar-refractivity contribution in [1.29, 1.82) is 0 Å². The molecule has 1 N–H and O–H groups in total. The van der Waals surface area contributed by atoms with Gasteiger partial charge < -0.3 is 9.88 Å². The zero-order valence-electron chi connectivity index (χ0n) is 16.3. The maximum absolute atomic E-state index is 12.7. The number of rotatable bonds is 5. The maximum atomic E-state index is 12.7. The van der Waals surface area contributed by atoms with Gasteiger partial charge in [0.2, 0.25) is 5.91 Å². The second-order valence-electron chi connectivity index (χ2n) is 6.89. The quantitative estimate of drug-likeness (QED) is 0.450. The van der Waals surface area contributed by atoms with Crippen LogP contribution in [0.3, 0.4) is 0 Å². The van der Waals surface area contributed by atoms with Crippen LogP contribution in [0.25, 0.3) is 22.0 Å². The van der Waals surface area contributed by atoms with E-state index in [-0.39, 0.29) is 12.3 Å². The number of thiazole rings is 1. The zero-order valence-corrected chi connectivity index (χ0v) is 17.2. The van der Waals surface area contributed by atoms with E-state index in [2.05, 4.69) is 15.3 Å². The van der Waals surface area contributed by atoms with Crippen molar-refractivity contribution in [3.05, 3.63) is 77.6 Å². The van der Waals surface area contributed by atoms with Crippen LogP contribution in [0.4, 0.5) is 18.9 Å². The van der Waals surface area contributed by atoms with Gasteiger partial charge in [-0.1, -0.05) is 24.3 Å². The first-order valence-corrected chi connectivity index (χ1v) is 10.2. The molecule has 0 saturated carbocycles. The van der Waals surface area contributed by atoms with Gasteiger partial charge in [0.1, 0.15) is 10.8 Å². The molecule has 0 bridgehead atoms. The van der Waals surface area contributed by atoms with Crippen molar-refractivity contribution in [2.24, 2.45) is 7.05 Å². The van der Waals surface area contributed by atoms with Gasteiger partial charge in [0.25, 0.3) is 0 Å². The van der Waals surface area contributed by atoms with Crippen molar-refractivity contribution >= 4 is 22.9 Å².